The minimum absolute atomic E-state index is 0.00400. The molecular formula is C36H26F4N10O4. The van der Waals surface area contributed by atoms with Gasteiger partial charge < -0.3 is 29.5 Å². The largest absolute Gasteiger partial charge is 0.512 e. The smallest absolute Gasteiger partial charge is 0.370 e. The number of rotatable bonds is 11. The summed E-state index contributed by atoms with van der Waals surface area (Å²) in [6, 6.07) is 10.6. The van der Waals surface area contributed by atoms with Crippen LogP contribution in [0.2, 0.25) is 0 Å². The SMILES string of the molecule is N/C(=N\c1cccc(Cc2nc(-c3ncc(F)c(O)n3)cn3ccnc23)c1F)c1cn2c(CCOC(=O)/C(F)=C/O)cnc2c(Cc2ccccc2F)n1. The van der Waals surface area contributed by atoms with E-state index >= 15 is 4.39 Å². The summed E-state index contributed by atoms with van der Waals surface area (Å²) >= 11 is 0. The first kappa shape index (κ1) is 35.2. The van der Waals surface area contributed by atoms with Crippen LogP contribution in [0.3, 0.4) is 0 Å². The number of benzene rings is 2. The third-order valence-electron chi connectivity index (χ3n) is 8.17. The molecule has 5 aromatic heterocycles. The summed E-state index contributed by atoms with van der Waals surface area (Å²) in [6.07, 6.45) is 8.41. The van der Waals surface area contributed by atoms with Crippen LogP contribution in [-0.4, -0.2) is 67.3 Å². The van der Waals surface area contributed by atoms with Crippen molar-refractivity contribution in [2.24, 2.45) is 10.7 Å². The molecule has 0 aliphatic rings. The third kappa shape index (κ3) is 7.11. The van der Waals surface area contributed by atoms with Crippen molar-refractivity contribution in [2.45, 2.75) is 19.3 Å². The molecule has 0 saturated carbocycles. The maximum absolute atomic E-state index is 16.2. The lowest BCUT2D eigenvalue weighted by atomic mass is 10.1. The zero-order valence-corrected chi connectivity index (χ0v) is 27.7. The van der Waals surface area contributed by atoms with Gasteiger partial charge in [0.25, 0.3) is 5.88 Å². The highest BCUT2D eigenvalue weighted by atomic mass is 19.1. The number of aliphatic imine (C=N–C) groups is 1. The van der Waals surface area contributed by atoms with Gasteiger partial charge in [-0.05, 0) is 23.3 Å². The number of hydrogen-bond acceptors (Lipinski definition) is 11. The Bertz CT molecular complexity index is 2620. The minimum atomic E-state index is -1.47. The highest BCUT2D eigenvalue weighted by molar-refractivity contribution is 5.97. The maximum Gasteiger partial charge on any atom is 0.370 e. The Labute approximate surface area is 301 Å². The number of nitrogens with two attached hydrogens (primary N) is 1. The summed E-state index contributed by atoms with van der Waals surface area (Å²) in [5.41, 5.74) is 8.87. The standard InChI is InChI=1S/C36H26F4N10O4/c37-22-6-2-1-4-19(22)12-27-34-44-14-21(8-11-54-36(53)24(39)18-51)50(34)17-28(45-27)31(41)47-25-7-3-5-20(30(25)40)13-26-33-42-9-10-49(33)16-29(46-26)32-43-15-23(38)35(52)48-32/h1-7,9-10,14-18,51H,8,11-13H2,(H2,41,47)(H,43,48,52)/b24-18-. The van der Waals surface area contributed by atoms with Crippen molar-refractivity contribution in [1.82, 2.24) is 38.7 Å². The molecule has 54 heavy (non-hydrogen) atoms. The van der Waals surface area contributed by atoms with Gasteiger partial charge in [-0.2, -0.15) is 13.8 Å². The molecule has 7 rings (SSSR count). The van der Waals surface area contributed by atoms with Crippen molar-refractivity contribution in [1.29, 1.82) is 0 Å². The maximum atomic E-state index is 16.2. The topological polar surface area (TPSA) is 191 Å². The molecule has 0 bridgehead atoms. The van der Waals surface area contributed by atoms with Crippen LogP contribution in [0.15, 0.2) is 96.7 Å². The Morgan fingerprint density at radius 3 is 2.48 bits per heavy atom. The van der Waals surface area contributed by atoms with E-state index in [9.17, 15) is 23.1 Å². The molecule has 7 aromatic rings. The number of esters is 1. The summed E-state index contributed by atoms with van der Waals surface area (Å²) in [6.45, 7) is -0.280. The van der Waals surface area contributed by atoms with Crippen LogP contribution in [0, 0.1) is 17.5 Å². The normalized spacial score (nSPS) is 12.1. The number of amidine groups is 1. The molecule has 0 saturated heterocycles. The van der Waals surface area contributed by atoms with Crippen LogP contribution < -0.4 is 5.73 Å². The van der Waals surface area contributed by atoms with Crippen molar-refractivity contribution in [3.8, 4) is 17.4 Å². The van der Waals surface area contributed by atoms with Gasteiger partial charge in [0.1, 0.15) is 29.2 Å². The van der Waals surface area contributed by atoms with E-state index in [-0.39, 0.29) is 66.4 Å². The quantitative estimate of drug-likeness (QED) is 0.0403. The highest BCUT2D eigenvalue weighted by Crippen LogP contribution is 2.27. The number of ether oxygens (including phenoxy) is 1. The fourth-order valence-electron chi connectivity index (χ4n) is 5.58. The van der Waals surface area contributed by atoms with E-state index in [4.69, 9.17) is 15.6 Å². The number of carbonyl (C=O) groups excluding carboxylic acids is 1. The number of halogens is 4. The van der Waals surface area contributed by atoms with E-state index in [0.29, 0.717) is 33.9 Å². The van der Waals surface area contributed by atoms with Crippen LogP contribution in [0.25, 0.3) is 22.8 Å². The van der Waals surface area contributed by atoms with Gasteiger partial charge >= 0.3 is 5.97 Å². The number of nitrogens with zero attached hydrogens (tertiary/aromatic N) is 9. The van der Waals surface area contributed by atoms with E-state index in [1.165, 1.54) is 43.0 Å². The zero-order chi connectivity index (χ0) is 37.9. The molecular weight excluding hydrogens is 712 g/mol. The fraction of sp³-hybridized carbons (Fsp3) is 0.111. The lowest BCUT2D eigenvalue weighted by Crippen LogP contribution is -2.18. The number of imidazole rings is 2. The van der Waals surface area contributed by atoms with Gasteiger partial charge in [-0.25, -0.2) is 43.5 Å². The molecule has 0 radical (unpaired) electrons. The monoisotopic (exact) mass is 738 g/mol. The van der Waals surface area contributed by atoms with Gasteiger partial charge in [0.05, 0.1) is 24.2 Å². The molecule has 4 N–H and O–H groups in total. The summed E-state index contributed by atoms with van der Waals surface area (Å²) in [5, 5.41) is 18.5. The molecule has 272 valence electrons. The summed E-state index contributed by atoms with van der Waals surface area (Å²) in [4.78, 5) is 41.6. The molecule has 2 aromatic carbocycles. The van der Waals surface area contributed by atoms with Crippen molar-refractivity contribution >= 4 is 28.8 Å². The van der Waals surface area contributed by atoms with Crippen molar-refractivity contribution in [3.05, 3.63) is 143 Å². The number of aromatic hydroxyl groups is 1. The Morgan fingerprint density at radius 2 is 1.69 bits per heavy atom. The highest BCUT2D eigenvalue weighted by Gasteiger charge is 2.19. The number of carbonyl (C=O) groups is 1. The average molecular weight is 739 g/mol. The van der Waals surface area contributed by atoms with E-state index < -0.39 is 35.1 Å². The minimum Gasteiger partial charge on any atom is -0.512 e. The zero-order valence-electron chi connectivity index (χ0n) is 27.7. The van der Waals surface area contributed by atoms with E-state index in [2.05, 4.69) is 34.9 Å². The van der Waals surface area contributed by atoms with Gasteiger partial charge in [0.2, 0.25) is 11.6 Å². The van der Waals surface area contributed by atoms with Crippen LogP contribution >= 0.6 is 0 Å². The first-order valence-corrected chi connectivity index (χ1v) is 16.0. The molecule has 0 atom stereocenters. The Kier molecular flexibility index (Phi) is 9.63. The second kappa shape index (κ2) is 14.8. The Morgan fingerprint density at radius 1 is 0.907 bits per heavy atom. The molecule has 0 spiro atoms. The molecule has 18 heteroatoms. The van der Waals surface area contributed by atoms with Crippen molar-refractivity contribution < 1.29 is 37.3 Å². The molecule has 0 amide bonds. The second-order valence-electron chi connectivity index (χ2n) is 11.7. The van der Waals surface area contributed by atoms with E-state index in [1.807, 2.05) is 0 Å². The second-order valence-corrected chi connectivity index (χ2v) is 11.7. The Hall–Kier alpha value is -7.24. The van der Waals surface area contributed by atoms with Gasteiger partial charge in [0.15, 0.2) is 28.8 Å². The first-order chi connectivity index (χ1) is 26.1. The molecule has 0 unspecified atom stereocenters. The number of fused-ring (bicyclic) bond motifs is 2. The van der Waals surface area contributed by atoms with Crippen LogP contribution in [-0.2, 0) is 28.8 Å². The van der Waals surface area contributed by atoms with Crippen LogP contribution in [0.1, 0.15) is 33.9 Å². The van der Waals surface area contributed by atoms with E-state index in [1.54, 1.807) is 39.3 Å². The van der Waals surface area contributed by atoms with Crippen LogP contribution in [0.5, 0.6) is 5.88 Å². The molecule has 0 aliphatic heterocycles. The number of aliphatic hydroxyl groups is 1. The fourth-order valence-corrected chi connectivity index (χ4v) is 5.58. The van der Waals surface area contributed by atoms with Gasteiger partial charge in [-0.1, -0.05) is 30.3 Å². The molecule has 0 fully saturated rings. The predicted molar refractivity (Wildman–Crippen MR) is 184 cm³/mol. The van der Waals surface area contributed by atoms with Gasteiger partial charge in [-0.3, -0.25) is 0 Å². The first-order valence-electron chi connectivity index (χ1n) is 16.0. The number of hydrogen-bond donors (Lipinski definition) is 3. The molecule has 14 nitrogen and oxygen atoms in total. The lowest BCUT2D eigenvalue weighted by molar-refractivity contribution is -0.140. The van der Waals surface area contributed by atoms with Crippen LogP contribution in [0.4, 0.5) is 23.2 Å². The summed E-state index contributed by atoms with van der Waals surface area (Å²) in [7, 11) is 0. The van der Waals surface area contributed by atoms with Crippen molar-refractivity contribution in [3.63, 3.8) is 0 Å². The Balaban J connectivity index is 1.23. The molecule has 0 aliphatic carbocycles. The predicted octanol–water partition coefficient (Wildman–Crippen LogP) is 5.03. The lowest BCUT2D eigenvalue weighted by Gasteiger charge is -2.11. The average Bonchev–Trinajstić information content (AvgIpc) is 3.82. The molecule has 5 heterocycles. The van der Waals surface area contributed by atoms with Crippen molar-refractivity contribution in [2.75, 3.05) is 6.61 Å². The number of aromatic nitrogens is 8. The van der Waals surface area contributed by atoms with Gasteiger partial charge in [0, 0.05) is 55.9 Å². The third-order valence-corrected chi connectivity index (χ3v) is 8.17. The summed E-state index contributed by atoms with van der Waals surface area (Å²) < 4.78 is 65.9. The van der Waals surface area contributed by atoms with Gasteiger partial charge in [-0.15, -0.1) is 0 Å². The van der Waals surface area contributed by atoms with E-state index in [0.717, 1.165) is 6.20 Å². The summed E-state index contributed by atoms with van der Waals surface area (Å²) in [5.74, 6) is -6.14. The number of aliphatic hydroxyl groups excluding tert-OH is 1.